The smallest absolute Gasteiger partial charge is 0.234 e. The number of hydrogen-bond acceptors (Lipinski definition) is 5. The van der Waals surface area contributed by atoms with Gasteiger partial charge in [-0.2, -0.15) is 0 Å². The van der Waals surface area contributed by atoms with Gasteiger partial charge in [-0.3, -0.25) is 9.59 Å². The van der Waals surface area contributed by atoms with Crippen molar-refractivity contribution in [3.05, 3.63) is 46.8 Å². The van der Waals surface area contributed by atoms with E-state index in [0.717, 1.165) is 17.0 Å². The molecule has 22 heavy (non-hydrogen) atoms. The summed E-state index contributed by atoms with van der Waals surface area (Å²) in [6.45, 7) is 5.25. The number of aryl methyl sites for hydroxylation is 2. The standard InChI is InChI=1S/C16H18N2O3S/c1-10-15(12(3)21-18-10)8-22-9-16(20)17-14-6-4-5-13(7-14)11(2)19/h4-7H,8-9H2,1-3H3,(H,17,20). The lowest BCUT2D eigenvalue weighted by atomic mass is 10.1. The van der Waals surface area contributed by atoms with E-state index in [2.05, 4.69) is 10.5 Å². The van der Waals surface area contributed by atoms with Gasteiger partial charge in [0.2, 0.25) is 5.91 Å². The van der Waals surface area contributed by atoms with E-state index in [9.17, 15) is 9.59 Å². The molecule has 1 aromatic heterocycles. The molecule has 2 rings (SSSR count). The van der Waals surface area contributed by atoms with Gasteiger partial charge in [-0.15, -0.1) is 11.8 Å². The quantitative estimate of drug-likeness (QED) is 0.827. The van der Waals surface area contributed by atoms with Crippen molar-refractivity contribution in [2.45, 2.75) is 26.5 Å². The molecule has 6 heteroatoms. The number of hydrogen-bond donors (Lipinski definition) is 1. The molecule has 1 N–H and O–H groups in total. The minimum Gasteiger partial charge on any atom is -0.361 e. The Balaban J connectivity index is 1.86. The Morgan fingerprint density at radius 1 is 1.32 bits per heavy atom. The fourth-order valence-electron chi connectivity index (χ4n) is 1.97. The van der Waals surface area contributed by atoms with Gasteiger partial charge in [0.15, 0.2) is 5.78 Å². The predicted molar refractivity (Wildman–Crippen MR) is 87.2 cm³/mol. The van der Waals surface area contributed by atoms with E-state index in [-0.39, 0.29) is 11.7 Å². The largest absolute Gasteiger partial charge is 0.361 e. The molecule has 0 aliphatic rings. The molecule has 1 aromatic carbocycles. The maximum atomic E-state index is 11.9. The number of aromatic nitrogens is 1. The van der Waals surface area contributed by atoms with E-state index in [1.165, 1.54) is 18.7 Å². The van der Waals surface area contributed by atoms with Gasteiger partial charge in [0.1, 0.15) is 5.76 Å². The SMILES string of the molecule is CC(=O)c1cccc(NC(=O)CSCc2c(C)noc2C)c1. The zero-order chi connectivity index (χ0) is 16.1. The number of Topliss-reactive ketones (excluding diaryl/α,β-unsaturated/α-hetero) is 1. The predicted octanol–water partition coefficient (Wildman–Crippen LogP) is 3.37. The number of benzene rings is 1. The molecule has 0 atom stereocenters. The first-order valence-electron chi connectivity index (χ1n) is 6.87. The van der Waals surface area contributed by atoms with E-state index < -0.39 is 0 Å². The number of amides is 1. The summed E-state index contributed by atoms with van der Waals surface area (Å²) in [6, 6.07) is 6.93. The van der Waals surface area contributed by atoms with E-state index >= 15 is 0 Å². The molecule has 0 radical (unpaired) electrons. The molecule has 116 valence electrons. The highest BCUT2D eigenvalue weighted by atomic mass is 32.2. The molecule has 0 saturated carbocycles. The Hall–Kier alpha value is -2.08. The summed E-state index contributed by atoms with van der Waals surface area (Å²) in [5, 5.41) is 6.68. The first-order valence-corrected chi connectivity index (χ1v) is 8.03. The molecule has 0 saturated heterocycles. The van der Waals surface area contributed by atoms with Gasteiger partial charge >= 0.3 is 0 Å². The number of nitrogens with zero attached hydrogens (tertiary/aromatic N) is 1. The fraction of sp³-hybridized carbons (Fsp3) is 0.312. The minimum atomic E-state index is -0.0996. The first-order chi connectivity index (χ1) is 10.5. The summed E-state index contributed by atoms with van der Waals surface area (Å²) in [6.07, 6.45) is 0. The second-order valence-corrected chi connectivity index (χ2v) is 5.97. The monoisotopic (exact) mass is 318 g/mol. The van der Waals surface area contributed by atoms with Gasteiger partial charge in [0.25, 0.3) is 0 Å². The number of anilines is 1. The van der Waals surface area contributed by atoms with Crippen molar-refractivity contribution in [3.63, 3.8) is 0 Å². The van der Waals surface area contributed by atoms with Gasteiger partial charge in [-0.25, -0.2) is 0 Å². The van der Waals surface area contributed by atoms with Crippen LogP contribution in [0.15, 0.2) is 28.8 Å². The van der Waals surface area contributed by atoms with Gasteiger partial charge in [0, 0.05) is 22.6 Å². The first kappa shape index (κ1) is 16.3. The van der Waals surface area contributed by atoms with Crippen LogP contribution in [-0.4, -0.2) is 22.6 Å². The second kappa shape index (κ2) is 7.26. The third-order valence-electron chi connectivity index (χ3n) is 3.21. The summed E-state index contributed by atoms with van der Waals surface area (Å²) in [5.74, 6) is 1.68. The van der Waals surface area contributed by atoms with Gasteiger partial charge < -0.3 is 9.84 Å². The molecule has 0 bridgehead atoms. The molecular formula is C16H18N2O3S. The fourth-order valence-corrected chi connectivity index (χ4v) is 2.94. The molecule has 0 spiro atoms. The Morgan fingerprint density at radius 3 is 2.73 bits per heavy atom. The van der Waals surface area contributed by atoms with E-state index in [1.54, 1.807) is 24.3 Å². The van der Waals surface area contributed by atoms with Crippen molar-refractivity contribution in [2.24, 2.45) is 0 Å². The minimum absolute atomic E-state index is 0.0242. The van der Waals surface area contributed by atoms with Crippen LogP contribution in [0, 0.1) is 13.8 Å². The topological polar surface area (TPSA) is 72.2 Å². The van der Waals surface area contributed by atoms with E-state index in [1.807, 2.05) is 13.8 Å². The van der Waals surface area contributed by atoms with Crippen molar-refractivity contribution >= 4 is 29.1 Å². The second-order valence-electron chi connectivity index (χ2n) is 4.98. The van der Waals surface area contributed by atoms with Crippen molar-refractivity contribution in [1.82, 2.24) is 5.16 Å². The van der Waals surface area contributed by atoms with Crippen LogP contribution in [-0.2, 0) is 10.5 Å². The third kappa shape index (κ3) is 4.21. The lowest BCUT2D eigenvalue weighted by Gasteiger charge is -2.06. The van der Waals surface area contributed by atoms with E-state index in [0.29, 0.717) is 22.8 Å². The van der Waals surface area contributed by atoms with Crippen LogP contribution in [0.3, 0.4) is 0 Å². The molecule has 5 nitrogen and oxygen atoms in total. The van der Waals surface area contributed by atoms with E-state index in [4.69, 9.17) is 4.52 Å². The maximum Gasteiger partial charge on any atom is 0.234 e. The number of nitrogens with one attached hydrogen (secondary N) is 1. The highest BCUT2D eigenvalue weighted by Crippen LogP contribution is 2.19. The highest BCUT2D eigenvalue weighted by molar-refractivity contribution is 7.99. The van der Waals surface area contributed by atoms with Gasteiger partial charge in [-0.1, -0.05) is 17.3 Å². The average molecular weight is 318 g/mol. The van der Waals surface area contributed by atoms with Crippen molar-refractivity contribution < 1.29 is 14.1 Å². The Kier molecular flexibility index (Phi) is 5.38. The number of ketones is 1. The van der Waals surface area contributed by atoms with Crippen molar-refractivity contribution in [3.8, 4) is 0 Å². The molecule has 0 aliphatic heterocycles. The molecule has 1 heterocycles. The van der Waals surface area contributed by atoms with Crippen molar-refractivity contribution in [2.75, 3.05) is 11.1 Å². The van der Waals surface area contributed by atoms with Crippen LogP contribution in [0.4, 0.5) is 5.69 Å². The third-order valence-corrected chi connectivity index (χ3v) is 4.17. The highest BCUT2D eigenvalue weighted by Gasteiger charge is 2.10. The number of carbonyl (C=O) groups excluding carboxylic acids is 2. The number of carbonyl (C=O) groups is 2. The molecular weight excluding hydrogens is 300 g/mol. The zero-order valence-electron chi connectivity index (χ0n) is 12.8. The van der Waals surface area contributed by atoms with Crippen LogP contribution in [0.1, 0.15) is 34.3 Å². The Bertz CT molecular complexity index is 675. The van der Waals surface area contributed by atoms with Gasteiger partial charge in [0.05, 0.1) is 11.4 Å². The summed E-state index contributed by atoms with van der Waals surface area (Å²) in [4.78, 5) is 23.3. The van der Waals surface area contributed by atoms with Crippen LogP contribution >= 0.6 is 11.8 Å². The van der Waals surface area contributed by atoms with Crippen molar-refractivity contribution in [1.29, 1.82) is 0 Å². The number of rotatable bonds is 6. The molecule has 0 aliphatic carbocycles. The maximum absolute atomic E-state index is 11.9. The average Bonchev–Trinajstić information content (AvgIpc) is 2.79. The lowest BCUT2D eigenvalue weighted by Crippen LogP contribution is -2.14. The molecule has 0 fully saturated rings. The van der Waals surface area contributed by atoms with Crippen LogP contribution < -0.4 is 5.32 Å². The lowest BCUT2D eigenvalue weighted by molar-refractivity contribution is -0.113. The summed E-state index contributed by atoms with van der Waals surface area (Å²) >= 11 is 1.50. The van der Waals surface area contributed by atoms with Gasteiger partial charge in [-0.05, 0) is 32.9 Å². The molecule has 2 aromatic rings. The summed E-state index contributed by atoms with van der Waals surface area (Å²) in [7, 11) is 0. The summed E-state index contributed by atoms with van der Waals surface area (Å²) in [5.41, 5.74) is 3.12. The zero-order valence-corrected chi connectivity index (χ0v) is 13.6. The van der Waals surface area contributed by atoms with Crippen LogP contribution in [0.2, 0.25) is 0 Å². The Morgan fingerprint density at radius 2 is 2.09 bits per heavy atom. The van der Waals surface area contributed by atoms with Crippen LogP contribution in [0.5, 0.6) is 0 Å². The summed E-state index contributed by atoms with van der Waals surface area (Å²) < 4.78 is 5.09. The number of thioether (sulfide) groups is 1. The molecule has 1 amide bonds. The normalized spacial score (nSPS) is 10.5. The molecule has 0 unspecified atom stereocenters. The van der Waals surface area contributed by atoms with Crippen LogP contribution in [0.25, 0.3) is 0 Å². The Labute approximate surface area is 133 Å².